The number of urea groups is 1. The summed E-state index contributed by atoms with van der Waals surface area (Å²) in [5, 5.41) is 2.91. The third-order valence-corrected chi connectivity index (χ3v) is 5.82. The van der Waals surface area contributed by atoms with Gasteiger partial charge in [0, 0.05) is 57.2 Å². The molecule has 2 fully saturated rings. The van der Waals surface area contributed by atoms with E-state index in [0.29, 0.717) is 45.0 Å². The number of benzene rings is 2. The van der Waals surface area contributed by atoms with Crippen LogP contribution in [-0.4, -0.2) is 74.4 Å². The minimum atomic E-state index is -4.34. The molecule has 32 heavy (non-hydrogen) atoms. The summed E-state index contributed by atoms with van der Waals surface area (Å²) in [5.74, 6) is 0. The van der Waals surface area contributed by atoms with Gasteiger partial charge in [0.2, 0.25) is 0 Å². The second-order valence-corrected chi connectivity index (χ2v) is 8.07. The van der Waals surface area contributed by atoms with Crippen LogP contribution in [0.2, 0.25) is 0 Å². The Morgan fingerprint density at radius 2 is 1.75 bits per heavy atom. The highest BCUT2D eigenvalue weighted by atomic mass is 19.4. The van der Waals surface area contributed by atoms with Crippen molar-refractivity contribution in [1.29, 1.82) is 0 Å². The number of hydrogen-bond acceptors (Lipinski definition) is 4. The Morgan fingerprint density at radius 3 is 2.47 bits per heavy atom. The van der Waals surface area contributed by atoms with E-state index in [-0.39, 0.29) is 12.1 Å². The number of piperazine rings is 1. The summed E-state index contributed by atoms with van der Waals surface area (Å²) in [7, 11) is 0. The zero-order valence-electron chi connectivity index (χ0n) is 17.7. The molecule has 0 bridgehead atoms. The van der Waals surface area contributed by atoms with Crippen molar-refractivity contribution in [3.8, 4) is 0 Å². The Morgan fingerprint density at radius 1 is 1.00 bits per heavy atom. The molecule has 1 N–H and O–H groups in total. The summed E-state index contributed by atoms with van der Waals surface area (Å²) in [4.78, 5) is 18.5. The monoisotopic (exact) mass is 448 g/mol. The number of hydrogen-bond donors (Lipinski definition) is 1. The Labute approximate surface area is 185 Å². The molecule has 0 unspecified atom stereocenters. The van der Waals surface area contributed by atoms with E-state index >= 15 is 0 Å². The smallest absolute Gasteiger partial charge is 0.373 e. The van der Waals surface area contributed by atoms with Crippen LogP contribution in [0.1, 0.15) is 5.56 Å². The Balaban J connectivity index is 1.26. The number of carbonyl (C=O) groups is 1. The largest absolute Gasteiger partial charge is 0.416 e. The first-order valence-corrected chi connectivity index (χ1v) is 10.8. The molecule has 172 valence electrons. The third kappa shape index (κ3) is 5.72. The topological polar surface area (TPSA) is 48.1 Å². The lowest BCUT2D eigenvalue weighted by Gasteiger charge is -2.40. The number of ether oxygens (including phenoxy) is 1. The molecule has 6 nitrogen and oxygen atoms in total. The zero-order valence-corrected chi connectivity index (χ0v) is 17.7. The van der Waals surface area contributed by atoms with Crippen LogP contribution >= 0.6 is 0 Å². The Hall–Kier alpha value is -2.78. The van der Waals surface area contributed by atoms with Gasteiger partial charge in [-0.2, -0.15) is 13.2 Å². The van der Waals surface area contributed by atoms with Crippen molar-refractivity contribution in [2.24, 2.45) is 0 Å². The van der Waals surface area contributed by atoms with E-state index in [9.17, 15) is 18.0 Å². The first kappa shape index (κ1) is 22.4. The van der Waals surface area contributed by atoms with E-state index in [1.165, 1.54) is 12.1 Å². The summed E-state index contributed by atoms with van der Waals surface area (Å²) in [6, 6.07) is 14.7. The molecular weight excluding hydrogens is 421 g/mol. The molecule has 2 aliphatic rings. The normalized spacial score (nSPS) is 20.3. The molecule has 9 heteroatoms. The van der Waals surface area contributed by atoms with Crippen LogP contribution in [0.3, 0.4) is 0 Å². The lowest BCUT2D eigenvalue weighted by Crippen LogP contribution is -2.54. The average molecular weight is 448 g/mol. The van der Waals surface area contributed by atoms with Gasteiger partial charge in [-0.05, 0) is 30.3 Å². The van der Waals surface area contributed by atoms with E-state index in [2.05, 4.69) is 10.2 Å². The highest BCUT2D eigenvalue weighted by Gasteiger charge is 2.31. The molecule has 0 radical (unpaired) electrons. The van der Waals surface area contributed by atoms with Gasteiger partial charge in [-0.25, -0.2) is 4.79 Å². The quantitative estimate of drug-likeness (QED) is 0.774. The van der Waals surface area contributed by atoms with Crippen LogP contribution in [0.4, 0.5) is 29.3 Å². The van der Waals surface area contributed by atoms with Gasteiger partial charge in [0.15, 0.2) is 0 Å². The van der Waals surface area contributed by atoms with Crippen LogP contribution in [0.25, 0.3) is 0 Å². The van der Waals surface area contributed by atoms with E-state index in [4.69, 9.17) is 4.74 Å². The van der Waals surface area contributed by atoms with Gasteiger partial charge in [0.25, 0.3) is 0 Å². The van der Waals surface area contributed by atoms with Gasteiger partial charge in [0.05, 0.1) is 18.3 Å². The highest BCUT2D eigenvalue weighted by Crippen LogP contribution is 2.31. The lowest BCUT2D eigenvalue weighted by molar-refractivity contribution is -0.137. The molecule has 0 aliphatic carbocycles. The van der Waals surface area contributed by atoms with Gasteiger partial charge in [-0.15, -0.1) is 0 Å². The number of carbonyl (C=O) groups excluding carboxylic acids is 1. The molecular formula is C23H27F3N4O2. The highest BCUT2D eigenvalue weighted by molar-refractivity contribution is 5.89. The predicted octanol–water partition coefficient (Wildman–Crippen LogP) is 3.76. The fourth-order valence-electron chi connectivity index (χ4n) is 4.09. The average Bonchev–Trinajstić information content (AvgIpc) is 2.80. The Bertz CT molecular complexity index is 902. The standard InChI is InChI=1S/C23H27F3N4O2/c24-23(25,26)18-5-4-8-20(15-18)29-11-9-28(10-12-29)16-21-17-30(13-14-32-21)22(31)27-19-6-2-1-3-7-19/h1-8,15,21H,9-14,16-17H2,(H,27,31)/t21-/m0/s1. The molecule has 0 aromatic heterocycles. The molecule has 2 aromatic rings. The van der Waals surface area contributed by atoms with E-state index in [0.717, 1.165) is 24.8 Å². The predicted molar refractivity (Wildman–Crippen MR) is 117 cm³/mol. The molecule has 0 spiro atoms. The van der Waals surface area contributed by atoms with E-state index in [1.54, 1.807) is 11.0 Å². The van der Waals surface area contributed by atoms with Crippen molar-refractivity contribution in [2.45, 2.75) is 12.3 Å². The van der Waals surface area contributed by atoms with Crippen molar-refractivity contribution >= 4 is 17.4 Å². The fraction of sp³-hybridized carbons (Fsp3) is 0.435. The van der Waals surface area contributed by atoms with Crippen LogP contribution in [0.15, 0.2) is 54.6 Å². The molecule has 2 amide bonds. The van der Waals surface area contributed by atoms with Crippen molar-refractivity contribution in [1.82, 2.24) is 9.80 Å². The van der Waals surface area contributed by atoms with E-state index in [1.807, 2.05) is 35.2 Å². The van der Waals surface area contributed by atoms with Crippen molar-refractivity contribution in [3.05, 3.63) is 60.2 Å². The molecule has 2 saturated heterocycles. The number of para-hydroxylation sites is 1. The van der Waals surface area contributed by atoms with Crippen LogP contribution in [-0.2, 0) is 10.9 Å². The summed E-state index contributed by atoms with van der Waals surface area (Å²) in [5.41, 5.74) is 0.727. The molecule has 2 aromatic carbocycles. The minimum Gasteiger partial charge on any atom is -0.373 e. The van der Waals surface area contributed by atoms with Gasteiger partial charge in [0.1, 0.15) is 0 Å². The number of anilines is 2. The first-order chi connectivity index (χ1) is 15.4. The van der Waals surface area contributed by atoms with Crippen molar-refractivity contribution < 1.29 is 22.7 Å². The summed E-state index contributed by atoms with van der Waals surface area (Å²) >= 11 is 0. The number of halogens is 3. The van der Waals surface area contributed by atoms with Gasteiger partial charge in [-0.1, -0.05) is 24.3 Å². The SMILES string of the molecule is O=C(Nc1ccccc1)N1CCO[C@@H](CN2CCN(c3cccc(C(F)(F)F)c3)CC2)C1. The number of nitrogens with zero attached hydrogens (tertiary/aromatic N) is 3. The van der Waals surface area contributed by atoms with E-state index < -0.39 is 11.7 Å². The molecule has 4 rings (SSSR count). The van der Waals surface area contributed by atoms with Gasteiger partial charge < -0.3 is 19.9 Å². The second-order valence-electron chi connectivity index (χ2n) is 8.07. The van der Waals surface area contributed by atoms with Crippen LogP contribution in [0.5, 0.6) is 0 Å². The number of amides is 2. The number of alkyl halides is 3. The number of morpholine rings is 1. The fourth-order valence-corrected chi connectivity index (χ4v) is 4.09. The van der Waals surface area contributed by atoms with Gasteiger partial charge in [-0.3, -0.25) is 4.90 Å². The summed E-state index contributed by atoms with van der Waals surface area (Å²) in [6.45, 7) is 4.96. The second kappa shape index (κ2) is 9.79. The maximum atomic E-state index is 13.0. The van der Waals surface area contributed by atoms with Gasteiger partial charge >= 0.3 is 12.2 Å². The maximum Gasteiger partial charge on any atom is 0.416 e. The number of rotatable bonds is 4. The Kier molecular flexibility index (Phi) is 6.86. The first-order valence-electron chi connectivity index (χ1n) is 10.8. The third-order valence-electron chi connectivity index (χ3n) is 5.82. The summed E-state index contributed by atoms with van der Waals surface area (Å²) < 4.78 is 44.9. The minimum absolute atomic E-state index is 0.0922. The number of nitrogens with one attached hydrogen (secondary N) is 1. The molecule has 2 heterocycles. The molecule has 2 aliphatic heterocycles. The molecule has 1 atom stereocenters. The van der Waals surface area contributed by atoms with Crippen molar-refractivity contribution in [2.75, 3.05) is 62.6 Å². The van der Waals surface area contributed by atoms with Crippen LogP contribution in [0, 0.1) is 0 Å². The lowest BCUT2D eigenvalue weighted by atomic mass is 10.1. The maximum absolute atomic E-state index is 13.0. The summed E-state index contributed by atoms with van der Waals surface area (Å²) in [6.07, 6.45) is -4.43. The molecule has 0 saturated carbocycles. The zero-order chi connectivity index (χ0) is 22.6. The van der Waals surface area contributed by atoms with Crippen LogP contribution < -0.4 is 10.2 Å². The van der Waals surface area contributed by atoms with Crippen molar-refractivity contribution in [3.63, 3.8) is 0 Å².